The summed E-state index contributed by atoms with van der Waals surface area (Å²) in [7, 11) is 0. The first-order chi connectivity index (χ1) is 6.36. The van der Waals surface area contributed by atoms with Gasteiger partial charge in [0.25, 0.3) is 0 Å². The third kappa shape index (κ3) is 2.07. The molecule has 2 rings (SSSR count). The zero-order chi connectivity index (χ0) is 9.10. The van der Waals surface area contributed by atoms with Crippen LogP contribution in [-0.2, 0) is 4.74 Å². The fourth-order valence-corrected chi connectivity index (χ4v) is 1.77. The van der Waals surface area contributed by atoms with Gasteiger partial charge in [-0.05, 0) is 43.9 Å². The second-order valence-corrected chi connectivity index (χ2v) is 3.59. The monoisotopic (exact) mass is 177 g/mol. The molecule has 70 valence electrons. The average molecular weight is 177 g/mol. The van der Waals surface area contributed by atoms with Crippen LogP contribution in [0.15, 0.2) is 18.3 Å². The van der Waals surface area contributed by atoms with E-state index in [-0.39, 0.29) is 0 Å². The van der Waals surface area contributed by atoms with E-state index >= 15 is 0 Å². The highest BCUT2D eigenvalue weighted by Gasteiger charge is 2.15. The second-order valence-electron chi connectivity index (χ2n) is 3.59. The van der Waals surface area contributed by atoms with Crippen molar-refractivity contribution in [2.75, 3.05) is 6.61 Å². The van der Waals surface area contributed by atoms with Gasteiger partial charge in [0.1, 0.15) is 0 Å². The van der Waals surface area contributed by atoms with E-state index < -0.39 is 0 Å². The molecule has 0 radical (unpaired) electrons. The molecular weight excluding hydrogens is 162 g/mol. The topological polar surface area (TPSA) is 22.1 Å². The number of nitrogens with zero attached hydrogens (tertiary/aromatic N) is 1. The van der Waals surface area contributed by atoms with Crippen LogP contribution in [0.1, 0.15) is 36.6 Å². The van der Waals surface area contributed by atoms with E-state index in [9.17, 15) is 0 Å². The van der Waals surface area contributed by atoms with E-state index in [1.807, 2.05) is 13.1 Å². The number of hydrogen-bond acceptors (Lipinski definition) is 2. The fraction of sp³-hybridized carbons (Fsp3) is 0.545. The molecule has 2 nitrogen and oxygen atoms in total. The van der Waals surface area contributed by atoms with Crippen molar-refractivity contribution in [3.63, 3.8) is 0 Å². The Morgan fingerprint density at radius 2 is 2.38 bits per heavy atom. The Morgan fingerprint density at radius 3 is 3.08 bits per heavy atom. The van der Waals surface area contributed by atoms with E-state index in [1.54, 1.807) is 0 Å². The maximum absolute atomic E-state index is 5.69. The summed E-state index contributed by atoms with van der Waals surface area (Å²) in [4.78, 5) is 4.18. The van der Waals surface area contributed by atoms with E-state index in [1.165, 1.54) is 18.4 Å². The maximum atomic E-state index is 5.69. The number of aryl methyl sites for hydroxylation is 1. The van der Waals surface area contributed by atoms with Gasteiger partial charge in [0.2, 0.25) is 0 Å². The van der Waals surface area contributed by atoms with Gasteiger partial charge >= 0.3 is 0 Å². The Balaban J connectivity index is 2.14. The Bertz CT molecular complexity index is 279. The number of hydrogen-bond donors (Lipinski definition) is 0. The highest BCUT2D eigenvalue weighted by molar-refractivity contribution is 5.18. The molecule has 2 heteroatoms. The van der Waals surface area contributed by atoms with Gasteiger partial charge in [-0.15, -0.1) is 0 Å². The molecule has 0 aromatic carbocycles. The molecule has 1 aromatic rings. The number of pyridine rings is 1. The molecule has 0 N–H and O–H groups in total. The van der Waals surface area contributed by atoms with Crippen LogP contribution in [0.5, 0.6) is 0 Å². The van der Waals surface area contributed by atoms with Crippen LogP contribution < -0.4 is 0 Å². The summed E-state index contributed by atoms with van der Waals surface area (Å²) in [6.07, 6.45) is 5.83. The summed E-state index contributed by atoms with van der Waals surface area (Å²) in [6, 6.07) is 4.18. The van der Waals surface area contributed by atoms with Gasteiger partial charge in [-0.3, -0.25) is 4.98 Å². The van der Waals surface area contributed by atoms with Crippen LogP contribution in [0.2, 0.25) is 0 Å². The molecule has 0 aliphatic carbocycles. The van der Waals surface area contributed by atoms with Crippen LogP contribution >= 0.6 is 0 Å². The van der Waals surface area contributed by atoms with Crippen LogP contribution in [0, 0.1) is 6.92 Å². The molecule has 0 saturated carbocycles. The number of aromatic nitrogens is 1. The lowest BCUT2D eigenvalue weighted by atomic mass is 10.0. The van der Waals surface area contributed by atoms with Crippen molar-refractivity contribution in [2.24, 2.45) is 0 Å². The van der Waals surface area contributed by atoms with Gasteiger partial charge in [-0.2, -0.15) is 0 Å². The smallest absolute Gasteiger partial charge is 0.0826 e. The lowest BCUT2D eigenvalue weighted by Crippen LogP contribution is -2.11. The van der Waals surface area contributed by atoms with E-state index in [2.05, 4.69) is 17.1 Å². The van der Waals surface area contributed by atoms with E-state index in [4.69, 9.17) is 4.74 Å². The summed E-state index contributed by atoms with van der Waals surface area (Å²) in [5.41, 5.74) is 2.36. The first kappa shape index (κ1) is 8.70. The molecule has 1 atom stereocenters. The van der Waals surface area contributed by atoms with Crippen LogP contribution in [0.3, 0.4) is 0 Å². The summed E-state index contributed by atoms with van der Waals surface area (Å²) < 4.78 is 5.69. The summed E-state index contributed by atoms with van der Waals surface area (Å²) >= 11 is 0. The van der Waals surface area contributed by atoms with Gasteiger partial charge in [0, 0.05) is 18.5 Å². The first-order valence-electron chi connectivity index (χ1n) is 4.90. The minimum absolute atomic E-state index is 0.315. The lowest BCUT2D eigenvalue weighted by Gasteiger charge is -2.22. The number of rotatable bonds is 1. The normalized spacial score (nSPS) is 23.0. The van der Waals surface area contributed by atoms with Crippen LogP contribution in [0.25, 0.3) is 0 Å². The molecule has 0 unspecified atom stereocenters. The molecule has 1 aromatic heterocycles. The Labute approximate surface area is 78.9 Å². The van der Waals surface area contributed by atoms with Gasteiger partial charge in [0.05, 0.1) is 6.10 Å². The van der Waals surface area contributed by atoms with Gasteiger partial charge < -0.3 is 4.74 Å². The highest BCUT2D eigenvalue weighted by Crippen LogP contribution is 2.27. The molecule has 0 spiro atoms. The second kappa shape index (κ2) is 3.88. The molecule has 0 bridgehead atoms. The molecule has 13 heavy (non-hydrogen) atoms. The minimum atomic E-state index is 0.315. The minimum Gasteiger partial charge on any atom is -0.374 e. The SMILES string of the molecule is Cc1cc([C@H]2CCCCO2)ccn1. The van der Waals surface area contributed by atoms with Crippen molar-refractivity contribution in [1.82, 2.24) is 4.98 Å². The average Bonchev–Trinajstić information content (AvgIpc) is 2.19. The van der Waals surface area contributed by atoms with E-state index in [0.29, 0.717) is 6.10 Å². The fourth-order valence-electron chi connectivity index (χ4n) is 1.77. The molecule has 1 saturated heterocycles. The van der Waals surface area contributed by atoms with Crippen molar-refractivity contribution in [2.45, 2.75) is 32.3 Å². The molecule has 1 aliphatic heterocycles. The molecule has 2 heterocycles. The Kier molecular flexibility index (Phi) is 2.60. The molecule has 1 aliphatic rings. The van der Waals surface area contributed by atoms with Gasteiger partial charge in [0.15, 0.2) is 0 Å². The predicted octanol–water partition coefficient (Wildman–Crippen LogP) is 2.63. The van der Waals surface area contributed by atoms with Crippen molar-refractivity contribution >= 4 is 0 Å². The lowest BCUT2D eigenvalue weighted by molar-refractivity contribution is 0.0149. The largest absolute Gasteiger partial charge is 0.374 e. The van der Waals surface area contributed by atoms with Crippen LogP contribution in [-0.4, -0.2) is 11.6 Å². The molecular formula is C11H15NO. The highest BCUT2D eigenvalue weighted by atomic mass is 16.5. The Hall–Kier alpha value is -0.890. The van der Waals surface area contributed by atoms with Crippen molar-refractivity contribution in [1.29, 1.82) is 0 Å². The van der Waals surface area contributed by atoms with Crippen LogP contribution in [0.4, 0.5) is 0 Å². The summed E-state index contributed by atoms with van der Waals surface area (Å²) in [5, 5.41) is 0. The third-order valence-electron chi connectivity index (χ3n) is 2.47. The molecule has 1 fully saturated rings. The quantitative estimate of drug-likeness (QED) is 0.658. The zero-order valence-electron chi connectivity index (χ0n) is 7.99. The van der Waals surface area contributed by atoms with Gasteiger partial charge in [-0.25, -0.2) is 0 Å². The zero-order valence-corrected chi connectivity index (χ0v) is 7.99. The summed E-state index contributed by atoms with van der Waals surface area (Å²) in [5.74, 6) is 0. The van der Waals surface area contributed by atoms with Crippen molar-refractivity contribution in [3.8, 4) is 0 Å². The predicted molar refractivity (Wildman–Crippen MR) is 51.5 cm³/mol. The van der Waals surface area contributed by atoms with Crippen molar-refractivity contribution < 1.29 is 4.74 Å². The number of ether oxygens (including phenoxy) is 1. The van der Waals surface area contributed by atoms with Crippen molar-refractivity contribution in [3.05, 3.63) is 29.6 Å². The standard InChI is InChI=1S/C11H15NO/c1-9-8-10(5-6-12-9)11-4-2-3-7-13-11/h5-6,8,11H,2-4,7H2,1H3/t11-/m1/s1. The third-order valence-corrected chi connectivity index (χ3v) is 2.47. The van der Waals surface area contributed by atoms with E-state index in [0.717, 1.165) is 18.7 Å². The Morgan fingerprint density at radius 1 is 1.46 bits per heavy atom. The maximum Gasteiger partial charge on any atom is 0.0826 e. The first-order valence-corrected chi connectivity index (χ1v) is 4.90. The summed E-state index contributed by atoms with van der Waals surface area (Å²) in [6.45, 7) is 2.93. The van der Waals surface area contributed by atoms with Gasteiger partial charge in [-0.1, -0.05) is 0 Å². The molecule has 0 amide bonds.